The van der Waals surface area contributed by atoms with Gasteiger partial charge < -0.3 is 4.74 Å². The highest BCUT2D eigenvalue weighted by Gasteiger charge is 2.39. The largest absolute Gasteiger partial charge is 0.491 e. The molecule has 0 bridgehead atoms. The Hall–Kier alpha value is -1.31. The zero-order valence-corrected chi connectivity index (χ0v) is 13.8. The molecule has 22 heavy (non-hydrogen) atoms. The van der Waals surface area contributed by atoms with Gasteiger partial charge in [0.15, 0.2) is 0 Å². The van der Waals surface area contributed by atoms with E-state index in [1.165, 1.54) is 19.3 Å². The van der Waals surface area contributed by atoms with Crippen LogP contribution < -0.4 is 4.74 Å². The molecule has 3 rings (SSSR count). The lowest BCUT2D eigenvalue weighted by Crippen LogP contribution is -2.23. The van der Waals surface area contributed by atoms with Crippen LogP contribution in [0.4, 0.5) is 0 Å². The van der Waals surface area contributed by atoms with Crippen molar-refractivity contribution in [2.75, 3.05) is 6.61 Å². The van der Waals surface area contributed by atoms with Crippen molar-refractivity contribution in [1.82, 2.24) is 0 Å². The molecule has 0 aliphatic heterocycles. The van der Waals surface area contributed by atoms with Gasteiger partial charge in [-0.15, -0.1) is 0 Å². The number of rotatable bonds is 5. The second kappa shape index (κ2) is 6.44. The standard InChI is InChI=1S/C18H22ClNO2/c1-13-9-15(18(20-12-21)7-2-3-8-18)17(16(19)10-13)22-11-14-5-4-6-14/h9-10,14H,2-8,11H2,1H3. The Morgan fingerprint density at radius 2 is 2.05 bits per heavy atom. The molecule has 0 spiro atoms. The van der Waals surface area contributed by atoms with Crippen molar-refractivity contribution in [2.24, 2.45) is 10.9 Å². The van der Waals surface area contributed by atoms with Crippen LogP contribution in [0.2, 0.25) is 5.02 Å². The van der Waals surface area contributed by atoms with E-state index in [-0.39, 0.29) is 0 Å². The molecule has 0 N–H and O–H groups in total. The second-order valence-corrected chi connectivity index (χ2v) is 7.08. The second-order valence-electron chi connectivity index (χ2n) is 6.67. The van der Waals surface area contributed by atoms with E-state index in [2.05, 4.69) is 11.1 Å². The van der Waals surface area contributed by atoms with Gasteiger partial charge in [-0.3, -0.25) is 0 Å². The topological polar surface area (TPSA) is 38.7 Å². The Balaban J connectivity index is 1.98. The Labute approximate surface area is 136 Å². The lowest BCUT2D eigenvalue weighted by atomic mass is 9.85. The quantitative estimate of drug-likeness (QED) is 0.570. The summed E-state index contributed by atoms with van der Waals surface area (Å²) in [5.41, 5.74) is 1.55. The lowest BCUT2D eigenvalue weighted by molar-refractivity contribution is 0.177. The fraction of sp³-hybridized carbons (Fsp3) is 0.611. The summed E-state index contributed by atoms with van der Waals surface area (Å²) in [6.45, 7) is 2.72. The van der Waals surface area contributed by atoms with Gasteiger partial charge in [0.05, 0.1) is 11.6 Å². The van der Waals surface area contributed by atoms with E-state index in [1.54, 1.807) is 6.08 Å². The zero-order chi connectivity index (χ0) is 15.6. The van der Waals surface area contributed by atoms with E-state index < -0.39 is 5.54 Å². The number of isocyanates is 1. The molecule has 2 fully saturated rings. The van der Waals surface area contributed by atoms with Gasteiger partial charge in [0.2, 0.25) is 6.08 Å². The van der Waals surface area contributed by atoms with Crippen molar-refractivity contribution in [3.05, 3.63) is 28.3 Å². The fourth-order valence-electron chi connectivity index (χ4n) is 3.57. The van der Waals surface area contributed by atoms with Crippen LogP contribution in [-0.2, 0) is 10.3 Å². The minimum Gasteiger partial charge on any atom is -0.491 e. The SMILES string of the molecule is Cc1cc(Cl)c(OCC2CCC2)c(C2(N=C=O)CCCC2)c1. The molecular formula is C18H22ClNO2. The molecule has 2 aliphatic carbocycles. The monoisotopic (exact) mass is 319 g/mol. The summed E-state index contributed by atoms with van der Waals surface area (Å²) in [5, 5.41) is 0.627. The minimum atomic E-state index is -0.494. The molecule has 0 atom stereocenters. The van der Waals surface area contributed by atoms with Crippen molar-refractivity contribution >= 4 is 17.7 Å². The number of halogens is 1. The van der Waals surface area contributed by atoms with Crippen LogP contribution in [-0.4, -0.2) is 12.7 Å². The molecule has 1 aromatic rings. The van der Waals surface area contributed by atoms with E-state index in [0.29, 0.717) is 17.5 Å². The molecule has 0 heterocycles. The minimum absolute atomic E-state index is 0.494. The van der Waals surface area contributed by atoms with Crippen LogP contribution in [0.5, 0.6) is 5.75 Å². The summed E-state index contributed by atoms with van der Waals surface area (Å²) in [4.78, 5) is 15.2. The van der Waals surface area contributed by atoms with Crippen LogP contribution in [0.25, 0.3) is 0 Å². The first-order valence-corrected chi connectivity index (χ1v) is 8.55. The van der Waals surface area contributed by atoms with E-state index >= 15 is 0 Å². The third-order valence-electron chi connectivity index (χ3n) is 5.07. The van der Waals surface area contributed by atoms with Gasteiger partial charge >= 0.3 is 0 Å². The average molecular weight is 320 g/mol. The molecule has 4 heteroatoms. The number of aliphatic imine (C=N–C) groups is 1. The first kappa shape index (κ1) is 15.6. The summed E-state index contributed by atoms with van der Waals surface area (Å²) in [7, 11) is 0. The molecule has 3 nitrogen and oxygen atoms in total. The van der Waals surface area contributed by atoms with E-state index in [9.17, 15) is 4.79 Å². The molecule has 2 saturated carbocycles. The van der Waals surface area contributed by atoms with Crippen molar-refractivity contribution in [3.63, 3.8) is 0 Å². The summed E-state index contributed by atoms with van der Waals surface area (Å²) in [6, 6.07) is 4.00. The predicted octanol–water partition coefficient (Wildman–Crippen LogP) is 4.93. The summed E-state index contributed by atoms with van der Waals surface area (Å²) < 4.78 is 6.09. The molecule has 0 radical (unpaired) electrons. The van der Waals surface area contributed by atoms with Gasteiger partial charge in [0.1, 0.15) is 11.3 Å². The number of hydrogen-bond acceptors (Lipinski definition) is 3. The molecule has 118 valence electrons. The summed E-state index contributed by atoms with van der Waals surface area (Å²) >= 11 is 6.45. The Bertz CT molecular complexity index is 597. The molecular weight excluding hydrogens is 298 g/mol. The maximum absolute atomic E-state index is 11.0. The van der Waals surface area contributed by atoms with Crippen molar-refractivity contribution in [1.29, 1.82) is 0 Å². The van der Waals surface area contributed by atoms with Crippen LogP contribution >= 0.6 is 11.6 Å². The highest BCUT2D eigenvalue weighted by atomic mass is 35.5. The number of hydrogen-bond donors (Lipinski definition) is 0. The van der Waals surface area contributed by atoms with Gasteiger partial charge in [0, 0.05) is 5.56 Å². The molecule has 0 aromatic heterocycles. The van der Waals surface area contributed by atoms with Crippen LogP contribution in [0.1, 0.15) is 56.1 Å². The average Bonchev–Trinajstić information content (AvgIpc) is 2.89. The number of aryl methyl sites for hydroxylation is 1. The molecule has 0 unspecified atom stereocenters. The van der Waals surface area contributed by atoms with Gasteiger partial charge in [-0.25, -0.2) is 4.79 Å². The Morgan fingerprint density at radius 3 is 2.64 bits per heavy atom. The summed E-state index contributed by atoms with van der Waals surface area (Å²) in [5.74, 6) is 1.36. The zero-order valence-electron chi connectivity index (χ0n) is 13.0. The maximum Gasteiger partial charge on any atom is 0.235 e. The lowest BCUT2D eigenvalue weighted by Gasteiger charge is -2.29. The summed E-state index contributed by atoms with van der Waals surface area (Å²) in [6.07, 6.45) is 9.40. The molecule has 0 saturated heterocycles. The van der Waals surface area contributed by atoms with Crippen molar-refractivity contribution < 1.29 is 9.53 Å². The van der Waals surface area contributed by atoms with E-state index in [0.717, 1.165) is 42.6 Å². The fourth-order valence-corrected chi connectivity index (χ4v) is 3.90. The number of benzene rings is 1. The van der Waals surface area contributed by atoms with Gasteiger partial charge in [0.25, 0.3) is 0 Å². The third-order valence-corrected chi connectivity index (χ3v) is 5.35. The highest BCUT2D eigenvalue weighted by molar-refractivity contribution is 6.32. The number of carbonyl (C=O) groups excluding carboxylic acids is 1. The highest BCUT2D eigenvalue weighted by Crippen LogP contribution is 2.48. The normalized spacial score (nSPS) is 20.3. The Morgan fingerprint density at radius 1 is 1.32 bits per heavy atom. The van der Waals surface area contributed by atoms with Crippen molar-refractivity contribution in [2.45, 2.75) is 57.4 Å². The molecule has 0 amide bonds. The van der Waals surface area contributed by atoms with E-state index in [1.807, 2.05) is 13.0 Å². The van der Waals surface area contributed by atoms with Gasteiger partial charge in [-0.2, -0.15) is 4.99 Å². The van der Waals surface area contributed by atoms with Gasteiger partial charge in [-0.05, 0) is 56.2 Å². The first-order chi connectivity index (χ1) is 10.6. The maximum atomic E-state index is 11.0. The van der Waals surface area contributed by atoms with Gasteiger partial charge in [-0.1, -0.05) is 30.9 Å². The van der Waals surface area contributed by atoms with Crippen molar-refractivity contribution in [3.8, 4) is 5.75 Å². The predicted molar refractivity (Wildman–Crippen MR) is 87.3 cm³/mol. The van der Waals surface area contributed by atoms with Crippen LogP contribution in [0.15, 0.2) is 17.1 Å². The van der Waals surface area contributed by atoms with Crippen LogP contribution in [0.3, 0.4) is 0 Å². The smallest absolute Gasteiger partial charge is 0.235 e. The Kier molecular flexibility index (Phi) is 4.56. The number of ether oxygens (including phenoxy) is 1. The molecule has 2 aliphatic rings. The van der Waals surface area contributed by atoms with E-state index in [4.69, 9.17) is 16.3 Å². The van der Waals surface area contributed by atoms with Crippen LogP contribution in [0, 0.1) is 12.8 Å². The third kappa shape index (κ3) is 2.93. The number of nitrogens with zero attached hydrogens (tertiary/aromatic N) is 1. The first-order valence-electron chi connectivity index (χ1n) is 8.17. The molecule has 1 aromatic carbocycles.